The van der Waals surface area contributed by atoms with E-state index in [4.69, 9.17) is 16.2 Å². The number of carbonyl (C=O) groups is 1. The van der Waals surface area contributed by atoms with Gasteiger partial charge in [-0.05, 0) is 49.1 Å². The number of primary amides is 1. The van der Waals surface area contributed by atoms with Crippen molar-refractivity contribution >= 4 is 23.3 Å². The summed E-state index contributed by atoms with van der Waals surface area (Å²) in [6.45, 7) is 0. The average Bonchev–Trinajstić information content (AvgIpc) is 2.68. The highest BCUT2D eigenvalue weighted by molar-refractivity contribution is 5.73. The first-order valence-corrected chi connectivity index (χ1v) is 9.24. The SMILES string of the molecule is NC(=O)OC1(c2ccc(Nc3nc(-c4ccccc4)ccc3N)cc2)CCC1. The van der Waals surface area contributed by atoms with Gasteiger partial charge < -0.3 is 21.5 Å². The van der Waals surface area contributed by atoms with E-state index in [2.05, 4.69) is 10.3 Å². The predicted molar refractivity (Wildman–Crippen MR) is 110 cm³/mol. The smallest absolute Gasteiger partial charge is 0.405 e. The van der Waals surface area contributed by atoms with E-state index in [1.165, 1.54) is 0 Å². The molecular weight excluding hydrogens is 352 g/mol. The van der Waals surface area contributed by atoms with Crippen LogP contribution in [0.5, 0.6) is 0 Å². The van der Waals surface area contributed by atoms with Crippen LogP contribution in [0.1, 0.15) is 24.8 Å². The van der Waals surface area contributed by atoms with Crippen LogP contribution in [0.4, 0.5) is 22.0 Å². The standard InChI is InChI=1S/C22H22N4O2/c23-18-11-12-19(15-5-2-1-3-6-15)26-20(18)25-17-9-7-16(8-10-17)22(13-4-14-22)28-21(24)27/h1-3,5-12H,4,13-14,23H2,(H2,24,27)(H,25,26). The Bertz CT molecular complexity index is 983. The molecule has 0 spiro atoms. The Morgan fingerprint density at radius 2 is 1.71 bits per heavy atom. The van der Waals surface area contributed by atoms with Crippen LogP contribution in [0, 0.1) is 0 Å². The summed E-state index contributed by atoms with van der Waals surface area (Å²) in [6.07, 6.45) is 1.85. The quantitative estimate of drug-likeness (QED) is 0.608. The summed E-state index contributed by atoms with van der Waals surface area (Å²) in [5.74, 6) is 0.598. The number of nitrogens with two attached hydrogens (primary N) is 2. The van der Waals surface area contributed by atoms with Crippen LogP contribution < -0.4 is 16.8 Å². The van der Waals surface area contributed by atoms with Gasteiger partial charge in [0, 0.05) is 11.3 Å². The van der Waals surface area contributed by atoms with Gasteiger partial charge in [-0.1, -0.05) is 42.5 Å². The van der Waals surface area contributed by atoms with Crippen molar-refractivity contribution in [3.8, 4) is 11.3 Å². The molecule has 1 fully saturated rings. The number of hydrogen-bond donors (Lipinski definition) is 3. The lowest BCUT2D eigenvalue weighted by Crippen LogP contribution is -2.40. The Kier molecular flexibility index (Phi) is 4.61. The van der Waals surface area contributed by atoms with E-state index in [0.29, 0.717) is 11.5 Å². The molecule has 1 aromatic heterocycles. The zero-order valence-corrected chi connectivity index (χ0v) is 15.4. The fourth-order valence-corrected chi connectivity index (χ4v) is 3.47. The van der Waals surface area contributed by atoms with Gasteiger partial charge in [0.2, 0.25) is 0 Å². The Morgan fingerprint density at radius 1 is 1.00 bits per heavy atom. The second-order valence-electron chi connectivity index (χ2n) is 6.97. The molecule has 1 saturated carbocycles. The number of ether oxygens (including phenoxy) is 1. The van der Waals surface area contributed by atoms with E-state index >= 15 is 0 Å². The van der Waals surface area contributed by atoms with Gasteiger partial charge in [-0.2, -0.15) is 0 Å². The summed E-state index contributed by atoms with van der Waals surface area (Å²) in [5, 5.41) is 3.27. The Labute approximate surface area is 163 Å². The molecule has 0 atom stereocenters. The summed E-state index contributed by atoms with van der Waals surface area (Å²) in [4.78, 5) is 15.9. The molecule has 3 aromatic rings. The molecule has 4 rings (SSSR count). The van der Waals surface area contributed by atoms with Crippen LogP contribution >= 0.6 is 0 Å². The molecule has 1 aliphatic rings. The molecule has 6 nitrogen and oxygen atoms in total. The maximum Gasteiger partial charge on any atom is 0.405 e. The second-order valence-corrected chi connectivity index (χ2v) is 6.97. The molecule has 1 heterocycles. The fraction of sp³-hybridized carbons (Fsp3) is 0.182. The van der Waals surface area contributed by atoms with E-state index < -0.39 is 11.7 Å². The lowest BCUT2D eigenvalue weighted by Gasteiger charge is -2.40. The molecule has 28 heavy (non-hydrogen) atoms. The number of nitrogens with one attached hydrogen (secondary N) is 1. The molecule has 1 aliphatic carbocycles. The number of rotatable bonds is 5. The number of nitrogen functional groups attached to an aromatic ring is 1. The van der Waals surface area contributed by atoms with Crippen molar-refractivity contribution in [2.45, 2.75) is 24.9 Å². The first kappa shape index (κ1) is 17.9. The molecule has 0 aliphatic heterocycles. The topological polar surface area (TPSA) is 103 Å². The number of nitrogens with zero attached hydrogens (tertiary/aromatic N) is 1. The number of pyridine rings is 1. The predicted octanol–water partition coefficient (Wildman–Crippen LogP) is 4.55. The lowest BCUT2D eigenvalue weighted by molar-refractivity contribution is -0.0489. The monoisotopic (exact) mass is 374 g/mol. The molecule has 0 saturated heterocycles. The molecule has 1 amide bonds. The van der Waals surface area contributed by atoms with Crippen LogP contribution in [0.3, 0.4) is 0 Å². The zero-order chi connectivity index (χ0) is 19.6. The molecule has 0 unspecified atom stereocenters. The highest BCUT2D eigenvalue weighted by Crippen LogP contribution is 2.45. The van der Waals surface area contributed by atoms with E-state index in [0.717, 1.165) is 41.8 Å². The van der Waals surface area contributed by atoms with Gasteiger partial charge in [0.1, 0.15) is 5.60 Å². The van der Waals surface area contributed by atoms with Crippen LogP contribution in [0.15, 0.2) is 66.7 Å². The Hall–Kier alpha value is -3.54. The number of aromatic nitrogens is 1. The van der Waals surface area contributed by atoms with E-state index in [9.17, 15) is 4.79 Å². The highest BCUT2D eigenvalue weighted by atomic mass is 16.6. The van der Waals surface area contributed by atoms with Gasteiger partial charge in [0.15, 0.2) is 5.82 Å². The van der Waals surface area contributed by atoms with Gasteiger partial charge in [0.25, 0.3) is 0 Å². The van der Waals surface area contributed by atoms with Gasteiger partial charge >= 0.3 is 6.09 Å². The average molecular weight is 374 g/mol. The first-order chi connectivity index (χ1) is 13.6. The van der Waals surface area contributed by atoms with Gasteiger partial charge in [0.05, 0.1) is 11.4 Å². The van der Waals surface area contributed by atoms with Gasteiger partial charge in [-0.25, -0.2) is 9.78 Å². The van der Waals surface area contributed by atoms with E-state index in [-0.39, 0.29) is 0 Å². The Balaban J connectivity index is 1.56. The van der Waals surface area contributed by atoms with Crippen LogP contribution in [0.2, 0.25) is 0 Å². The third-order valence-electron chi connectivity index (χ3n) is 5.13. The van der Waals surface area contributed by atoms with Crippen molar-refractivity contribution in [1.82, 2.24) is 4.98 Å². The van der Waals surface area contributed by atoms with E-state index in [1.807, 2.05) is 66.7 Å². The van der Waals surface area contributed by atoms with Gasteiger partial charge in [-0.3, -0.25) is 0 Å². The minimum atomic E-state index is -0.739. The molecule has 0 bridgehead atoms. The van der Waals surface area contributed by atoms with Crippen molar-refractivity contribution in [1.29, 1.82) is 0 Å². The van der Waals surface area contributed by atoms with Crippen molar-refractivity contribution in [2.75, 3.05) is 11.1 Å². The molecular formula is C22H22N4O2. The number of hydrogen-bond acceptors (Lipinski definition) is 5. The summed E-state index contributed by atoms with van der Waals surface area (Å²) in [5.41, 5.74) is 15.0. The minimum absolute atomic E-state index is 0.566. The summed E-state index contributed by atoms with van der Waals surface area (Å²) < 4.78 is 5.39. The minimum Gasteiger partial charge on any atom is -0.438 e. The number of amides is 1. The van der Waals surface area contributed by atoms with Crippen LogP contribution in [-0.2, 0) is 10.3 Å². The third-order valence-corrected chi connectivity index (χ3v) is 5.13. The van der Waals surface area contributed by atoms with Crippen molar-refractivity contribution < 1.29 is 9.53 Å². The maximum absolute atomic E-state index is 11.2. The van der Waals surface area contributed by atoms with Crippen molar-refractivity contribution in [2.24, 2.45) is 5.73 Å². The molecule has 142 valence electrons. The summed E-state index contributed by atoms with van der Waals surface area (Å²) in [6, 6.07) is 21.4. The van der Waals surface area contributed by atoms with Gasteiger partial charge in [-0.15, -0.1) is 0 Å². The second kappa shape index (κ2) is 7.23. The normalized spacial score (nSPS) is 14.7. The maximum atomic E-state index is 11.2. The number of anilines is 3. The van der Waals surface area contributed by atoms with Crippen molar-refractivity contribution in [3.05, 3.63) is 72.3 Å². The number of benzene rings is 2. The lowest BCUT2D eigenvalue weighted by atomic mass is 9.75. The molecule has 0 radical (unpaired) electrons. The zero-order valence-electron chi connectivity index (χ0n) is 15.4. The number of carbonyl (C=O) groups excluding carboxylic acids is 1. The van der Waals surface area contributed by atoms with Crippen LogP contribution in [0.25, 0.3) is 11.3 Å². The largest absolute Gasteiger partial charge is 0.438 e. The molecule has 2 aromatic carbocycles. The summed E-state index contributed by atoms with van der Waals surface area (Å²) >= 11 is 0. The highest BCUT2D eigenvalue weighted by Gasteiger charge is 2.42. The molecule has 5 N–H and O–H groups in total. The fourth-order valence-electron chi connectivity index (χ4n) is 3.47. The van der Waals surface area contributed by atoms with E-state index in [1.54, 1.807) is 0 Å². The first-order valence-electron chi connectivity index (χ1n) is 9.24. The third kappa shape index (κ3) is 3.49. The van der Waals surface area contributed by atoms with Crippen molar-refractivity contribution in [3.63, 3.8) is 0 Å². The van der Waals surface area contributed by atoms with Crippen LogP contribution in [-0.4, -0.2) is 11.1 Å². The molecule has 6 heteroatoms. The summed E-state index contributed by atoms with van der Waals surface area (Å²) in [7, 11) is 0. The Morgan fingerprint density at radius 3 is 2.32 bits per heavy atom.